The van der Waals surface area contributed by atoms with Crippen molar-refractivity contribution >= 4 is 11.0 Å². The van der Waals surface area contributed by atoms with Crippen LogP contribution in [-0.4, -0.2) is 62.8 Å². The zero-order valence-corrected chi connectivity index (χ0v) is 12.3. The number of aliphatic hydroxyl groups is 4. The van der Waals surface area contributed by atoms with Crippen LogP contribution < -0.4 is 10.4 Å². The number of ether oxygens (including phenoxy) is 2. The van der Waals surface area contributed by atoms with Gasteiger partial charge in [0.1, 0.15) is 24.4 Å². The Morgan fingerprint density at radius 3 is 2.46 bits per heavy atom. The third-order valence-electron chi connectivity index (χ3n) is 3.82. The van der Waals surface area contributed by atoms with Crippen LogP contribution in [0.1, 0.15) is 0 Å². The molecule has 0 radical (unpaired) electrons. The summed E-state index contributed by atoms with van der Waals surface area (Å²) in [6, 6.07) is 5.52. The van der Waals surface area contributed by atoms with Crippen molar-refractivity contribution in [2.75, 3.05) is 6.61 Å². The molecule has 9 heteroatoms. The molecule has 0 saturated carbocycles. The first-order chi connectivity index (χ1) is 11.4. The number of hydrogen-bond donors (Lipinski definition) is 5. The maximum Gasteiger partial charge on any atom is 0.336 e. The monoisotopic (exact) mass is 340 g/mol. The lowest BCUT2D eigenvalue weighted by Gasteiger charge is -2.39. The van der Waals surface area contributed by atoms with E-state index < -0.39 is 48.7 Å². The Kier molecular flexibility index (Phi) is 4.43. The first kappa shape index (κ1) is 16.7. The van der Waals surface area contributed by atoms with Crippen molar-refractivity contribution in [1.82, 2.24) is 0 Å². The molecule has 1 aliphatic rings. The Hall–Kier alpha value is -2.17. The molecule has 1 aromatic carbocycles. The number of fused-ring (bicyclic) bond motifs is 1. The van der Waals surface area contributed by atoms with Gasteiger partial charge in [-0.3, -0.25) is 0 Å². The third-order valence-corrected chi connectivity index (χ3v) is 3.82. The van der Waals surface area contributed by atoms with Gasteiger partial charge in [-0.1, -0.05) is 0 Å². The highest BCUT2D eigenvalue weighted by Gasteiger charge is 2.45. The van der Waals surface area contributed by atoms with E-state index in [4.69, 9.17) is 19.0 Å². The van der Waals surface area contributed by atoms with Crippen molar-refractivity contribution in [3.8, 4) is 11.5 Å². The smallest absolute Gasteiger partial charge is 0.336 e. The van der Waals surface area contributed by atoms with Gasteiger partial charge in [0.15, 0.2) is 11.3 Å². The van der Waals surface area contributed by atoms with Gasteiger partial charge in [0.2, 0.25) is 12.0 Å². The van der Waals surface area contributed by atoms with E-state index in [1.807, 2.05) is 0 Å². The standard InChI is InChI=1S/C15H16O9/c16-5-8-10(18)12(20)13(21)15(23-8)22-7-3-1-6-2-4-9(17)24-14(6)11(7)19/h1-4,8,10,12-13,15-16,18-21H,5H2/t8-,10-,12+,13-,15-/m0/s1. The molecule has 1 saturated heterocycles. The average Bonchev–Trinajstić information content (AvgIpc) is 2.58. The second-order valence-corrected chi connectivity index (χ2v) is 5.40. The number of benzene rings is 1. The highest BCUT2D eigenvalue weighted by atomic mass is 16.7. The molecule has 1 aliphatic heterocycles. The zero-order chi connectivity index (χ0) is 17.4. The van der Waals surface area contributed by atoms with Crippen LogP contribution in [0.25, 0.3) is 11.0 Å². The zero-order valence-electron chi connectivity index (χ0n) is 12.3. The van der Waals surface area contributed by atoms with Gasteiger partial charge in [-0.2, -0.15) is 0 Å². The quantitative estimate of drug-likeness (QED) is 0.429. The summed E-state index contributed by atoms with van der Waals surface area (Å²) in [4.78, 5) is 11.3. The van der Waals surface area contributed by atoms with Crippen molar-refractivity contribution in [2.24, 2.45) is 0 Å². The lowest BCUT2D eigenvalue weighted by molar-refractivity contribution is -0.277. The van der Waals surface area contributed by atoms with Crippen LogP contribution >= 0.6 is 0 Å². The molecule has 0 unspecified atom stereocenters. The number of phenols is 1. The number of aliphatic hydroxyl groups excluding tert-OH is 4. The van der Waals surface area contributed by atoms with Gasteiger partial charge in [0.25, 0.3) is 0 Å². The topological polar surface area (TPSA) is 150 Å². The van der Waals surface area contributed by atoms with Crippen molar-refractivity contribution < 1.29 is 39.4 Å². The molecule has 3 rings (SSSR count). The van der Waals surface area contributed by atoms with Gasteiger partial charge in [-0.15, -0.1) is 0 Å². The SMILES string of the molecule is O=c1ccc2ccc(O[C@H]3O[C@@H](CO)[C@H](O)[C@@H](O)[C@@H]3O)c(O)c2o1. The summed E-state index contributed by atoms with van der Waals surface area (Å²) in [5.41, 5.74) is -0.771. The van der Waals surface area contributed by atoms with E-state index in [0.717, 1.165) is 0 Å². The van der Waals surface area contributed by atoms with Crippen LogP contribution in [-0.2, 0) is 4.74 Å². The maximum absolute atomic E-state index is 11.3. The summed E-state index contributed by atoms with van der Waals surface area (Å²) in [6.45, 7) is -0.608. The summed E-state index contributed by atoms with van der Waals surface area (Å²) in [7, 11) is 0. The second-order valence-electron chi connectivity index (χ2n) is 5.40. The largest absolute Gasteiger partial charge is 0.502 e. The van der Waals surface area contributed by atoms with Crippen LogP contribution in [0.3, 0.4) is 0 Å². The molecular formula is C15H16O9. The molecular weight excluding hydrogens is 324 g/mol. The Balaban J connectivity index is 1.91. The molecule has 0 spiro atoms. The van der Waals surface area contributed by atoms with Gasteiger partial charge in [0.05, 0.1) is 6.61 Å². The molecule has 1 aromatic heterocycles. The predicted octanol–water partition coefficient (Wildman–Crippen LogP) is -1.32. The van der Waals surface area contributed by atoms with E-state index >= 15 is 0 Å². The van der Waals surface area contributed by atoms with Gasteiger partial charge in [-0.05, 0) is 18.2 Å². The Morgan fingerprint density at radius 2 is 1.75 bits per heavy atom. The van der Waals surface area contributed by atoms with Gasteiger partial charge < -0.3 is 39.4 Å². The number of hydrogen-bond acceptors (Lipinski definition) is 9. The molecule has 0 amide bonds. The molecule has 24 heavy (non-hydrogen) atoms. The molecule has 9 nitrogen and oxygen atoms in total. The van der Waals surface area contributed by atoms with Crippen LogP contribution in [0, 0.1) is 0 Å². The minimum atomic E-state index is -1.62. The molecule has 0 bridgehead atoms. The molecule has 130 valence electrons. The van der Waals surface area contributed by atoms with Gasteiger partial charge in [0, 0.05) is 11.5 Å². The van der Waals surface area contributed by atoms with Gasteiger partial charge >= 0.3 is 5.63 Å². The predicted molar refractivity (Wildman–Crippen MR) is 78.5 cm³/mol. The number of rotatable bonds is 3. The summed E-state index contributed by atoms with van der Waals surface area (Å²) in [6.07, 6.45) is -7.36. The molecule has 0 aliphatic carbocycles. The van der Waals surface area contributed by atoms with E-state index in [-0.39, 0.29) is 11.3 Å². The molecule has 2 aromatic rings. The number of aromatic hydroxyl groups is 1. The van der Waals surface area contributed by atoms with E-state index in [2.05, 4.69) is 0 Å². The Bertz CT molecular complexity index is 784. The maximum atomic E-state index is 11.3. The summed E-state index contributed by atoms with van der Waals surface area (Å²) in [5, 5.41) is 49.2. The third kappa shape index (κ3) is 2.83. The minimum Gasteiger partial charge on any atom is -0.502 e. The average molecular weight is 340 g/mol. The van der Waals surface area contributed by atoms with Crippen LogP contribution in [0.5, 0.6) is 11.5 Å². The fourth-order valence-corrected chi connectivity index (χ4v) is 2.48. The fourth-order valence-electron chi connectivity index (χ4n) is 2.48. The Labute approximate surface area is 134 Å². The van der Waals surface area contributed by atoms with Crippen molar-refractivity contribution in [3.05, 3.63) is 34.7 Å². The lowest BCUT2D eigenvalue weighted by Crippen LogP contribution is -2.60. The van der Waals surface area contributed by atoms with Crippen molar-refractivity contribution in [1.29, 1.82) is 0 Å². The lowest BCUT2D eigenvalue weighted by atomic mass is 9.99. The molecule has 1 fully saturated rings. The highest BCUT2D eigenvalue weighted by Crippen LogP contribution is 2.35. The van der Waals surface area contributed by atoms with Crippen LogP contribution in [0.4, 0.5) is 0 Å². The normalized spacial score (nSPS) is 30.4. The van der Waals surface area contributed by atoms with Crippen LogP contribution in [0.15, 0.2) is 33.5 Å². The van der Waals surface area contributed by atoms with Crippen LogP contribution in [0.2, 0.25) is 0 Å². The number of phenolic OH excluding ortho intramolecular Hbond substituents is 1. The van der Waals surface area contributed by atoms with Gasteiger partial charge in [-0.25, -0.2) is 4.79 Å². The summed E-state index contributed by atoms with van der Waals surface area (Å²) < 4.78 is 15.4. The summed E-state index contributed by atoms with van der Waals surface area (Å²) in [5.74, 6) is -0.650. The fraction of sp³-hybridized carbons (Fsp3) is 0.400. The highest BCUT2D eigenvalue weighted by molar-refractivity contribution is 5.84. The summed E-state index contributed by atoms with van der Waals surface area (Å²) >= 11 is 0. The van der Waals surface area contributed by atoms with Crippen molar-refractivity contribution in [2.45, 2.75) is 30.7 Å². The van der Waals surface area contributed by atoms with E-state index in [1.165, 1.54) is 24.3 Å². The van der Waals surface area contributed by atoms with Crippen molar-refractivity contribution in [3.63, 3.8) is 0 Å². The first-order valence-electron chi connectivity index (χ1n) is 7.15. The molecule has 5 atom stereocenters. The van der Waals surface area contributed by atoms with E-state index in [9.17, 15) is 25.2 Å². The van der Waals surface area contributed by atoms with E-state index in [1.54, 1.807) is 0 Å². The second kappa shape index (κ2) is 6.38. The first-order valence-corrected chi connectivity index (χ1v) is 7.15. The molecule has 5 N–H and O–H groups in total. The van der Waals surface area contributed by atoms with E-state index in [0.29, 0.717) is 5.39 Å². The Morgan fingerprint density at radius 1 is 1.04 bits per heavy atom. The minimum absolute atomic E-state index is 0.107. The molecule has 2 heterocycles.